The van der Waals surface area contributed by atoms with Gasteiger partial charge in [0, 0.05) is 12.3 Å². The van der Waals surface area contributed by atoms with Crippen LogP contribution in [0.5, 0.6) is 0 Å². The fourth-order valence-corrected chi connectivity index (χ4v) is 2.31. The normalized spacial score (nSPS) is 43.2. The molecule has 10 heavy (non-hydrogen) atoms. The maximum absolute atomic E-state index is 11.1. The third kappa shape index (κ3) is 0.664. The number of rotatable bonds is 2. The van der Waals surface area contributed by atoms with E-state index in [9.17, 15) is 4.79 Å². The van der Waals surface area contributed by atoms with E-state index < -0.39 is 0 Å². The first-order valence-corrected chi connectivity index (χ1v) is 3.98. The Morgan fingerprint density at radius 3 is 3.00 bits per heavy atom. The van der Waals surface area contributed by atoms with Crippen LogP contribution in [-0.2, 0) is 4.79 Å². The second-order valence-electron chi connectivity index (χ2n) is 3.38. The number of carbonyl (C=O) groups is 1. The molecule has 0 unspecified atom stereocenters. The molecule has 0 bridgehead atoms. The van der Waals surface area contributed by atoms with Crippen LogP contribution in [0.25, 0.3) is 0 Å². The summed E-state index contributed by atoms with van der Waals surface area (Å²) in [5.74, 6) is 2.42. The third-order valence-corrected chi connectivity index (χ3v) is 2.87. The van der Waals surface area contributed by atoms with Gasteiger partial charge in [0.05, 0.1) is 0 Å². The quantitative estimate of drug-likeness (QED) is 0.529. The lowest BCUT2D eigenvalue weighted by atomic mass is 10.1. The van der Waals surface area contributed by atoms with Crippen molar-refractivity contribution >= 4 is 5.78 Å². The summed E-state index contributed by atoms with van der Waals surface area (Å²) in [6, 6.07) is 0. The molecule has 0 aromatic carbocycles. The average molecular weight is 136 g/mol. The zero-order chi connectivity index (χ0) is 7.14. The second kappa shape index (κ2) is 1.94. The van der Waals surface area contributed by atoms with Crippen molar-refractivity contribution in [3.63, 3.8) is 0 Å². The highest BCUT2D eigenvalue weighted by Gasteiger charge is 2.56. The van der Waals surface area contributed by atoms with Gasteiger partial charge in [-0.15, -0.1) is 6.58 Å². The van der Waals surface area contributed by atoms with Crippen molar-refractivity contribution in [3.8, 4) is 0 Å². The molecule has 1 nitrogen and oxygen atoms in total. The van der Waals surface area contributed by atoms with Crippen LogP contribution in [-0.4, -0.2) is 5.78 Å². The smallest absolute Gasteiger partial charge is 0.136 e. The van der Waals surface area contributed by atoms with Gasteiger partial charge in [-0.25, -0.2) is 0 Å². The Hall–Kier alpha value is -0.590. The minimum atomic E-state index is 0.456. The zero-order valence-electron chi connectivity index (χ0n) is 6.05. The van der Waals surface area contributed by atoms with Gasteiger partial charge in [0.25, 0.3) is 0 Å². The molecule has 2 aliphatic rings. The zero-order valence-corrected chi connectivity index (χ0v) is 6.05. The molecule has 0 aliphatic heterocycles. The summed E-state index contributed by atoms with van der Waals surface area (Å²) >= 11 is 0. The lowest BCUT2D eigenvalue weighted by molar-refractivity contribution is -0.119. The van der Waals surface area contributed by atoms with Crippen molar-refractivity contribution in [3.05, 3.63) is 12.7 Å². The van der Waals surface area contributed by atoms with E-state index in [0.717, 1.165) is 25.2 Å². The van der Waals surface area contributed by atoms with Gasteiger partial charge in [-0.3, -0.25) is 4.79 Å². The van der Waals surface area contributed by atoms with Crippen molar-refractivity contribution in [2.45, 2.75) is 19.3 Å². The molecule has 0 aromatic rings. The average Bonchev–Trinajstić information content (AvgIpc) is 2.45. The highest BCUT2D eigenvalue weighted by Crippen LogP contribution is 2.57. The highest BCUT2D eigenvalue weighted by atomic mass is 16.1. The van der Waals surface area contributed by atoms with Crippen LogP contribution < -0.4 is 0 Å². The maximum Gasteiger partial charge on any atom is 0.136 e. The van der Waals surface area contributed by atoms with Crippen LogP contribution in [0.1, 0.15) is 19.3 Å². The lowest BCUT2D eigenvalue weighted by Crippen LogP contribution is -1.98. The number of fused-ring (bicyclic) bond motifs is 1. The van der Waals surface area contributed by atoms with E-state index in [2.05, 4.69) is 6.58 Å². The standard InChI is InChI=1S/C9H12O/c1-2-3-6-7-4-5-8(10)9(6)7/h2,6-7,9H,1,3-5H2/t6-,7-,9+/m0/s1. The molecule has 0 N–H and O–H groups in total. The Labute approximate surface area is 61.1 Å². The van der Waals surface area contributed by atoms with Crippen molar-refractivity contribution in [2.75, 3.05) is 0 Å². The van der Waals surface area contributed by atoms with Crippen molar-refractivity contribution in [2.24, 2.45) is 17.8 Å². The van der Waals surface area contributed by atoms with Gasteiger partial charge in [-0.1, -0.05) is 6.08 Å². The van der Waals surface area contributed by atoms with Crippen LogP contribution in [0.3, 0.4) is 0 Å². The number of Topliss-reactive ketones (excluding diaryl/α,β-unsaturated/α-hetero) is 1. The van der Waals surface area contributed by atoms with Crippen molar-refractivity contribution in [1.82, 2.24) is 0 Å². The Morgan fingerprint density at radius 1 is 1.70 bits per heavy atom. The Bertz CT molecular complexity index is 183. The number of hydrogen-bond acceptors (Lipinski definition) is 1. The van der Waals surface area contributed by atoms with Crippen molar-refractivity contribution < 1.29 is 4.79 Å². The molecule has 0 aromatic heterocycles. The largest absolute Gasteiger partial charge is 0.299 e. The van der Waals surface area contributed by atoms with Gasteiger partial charge in [0.2, 0.25) is 0 Å². The second-order valence-corrected chi connectivity index (χ2v) is 3.38. The highest BCUT2D eigenvalue weighted by molar-refractivity contribution is 5.87. The van der Waals surface area contributed by atoms with Gasteiger partial charge in [-0.2, -0.15) is 0 Å². The van der Waals surface area contributed by atoms with Gasteiger partial charge in [0.1, 0.15) is 5.78 Å². The molecule has 0 heterocycles. The van der Waals surface area contributed by atoms with Crippen molar-refractivity contribution in [1.29, 1.82) is 0 Å². The molecule has 0 spiro atoms. The van der Waals surface area contributed by atoms with Crippen LogP contribution in [0.4, 0.5) is 0 Å². The number of hydrogen-bond donors (Lipinski definition) is 0. The molecule has 0 radical (unpaired) electrons. The first kappa shape index (κ1) is 6.14. The number of ketones is 1. The summed E-state index contributed by atoms with van der Waals surface area (Å²) in [6.45, 7) is 3.68. The minimum Gasteiger partial charge on any atom is -0.299 e. The Morgan fingerprint density at radius 2 is 2.50 bits per heavy atom. The summed E-state index contributed by atoms with van der Waals surface area (Å²) in [6.07, 6.45) is 5.00. The molecule has 54 valence electrons. The predicted octanol–water partition coefficient (Wildman–Crippen LogP) is 1.79. The summed E-state index contributed by atoms with van der Waals surface area (Å²) in [5, 5.41) is 0. The monoisotopic (exact) mass is 136 g/mol. The summed E-state index contributed by atoms with van der Waals surface area (Å²) < 4.78 is 0. The van der Waals surface area contributed by atoms with Gasteiger partial charge in [0.15, 0.2) is 0 Å². The van der Waals surface area contributed by atoms with Gasteiger partial charge < -0.3 is 0 Å². The van der Waals surface area contributed by atoms with Crippen LogP contribution >= 0.6 is 0 Å². The summed E-state index contributed by atoms with van der Waals surface area (Å²) in [4.78, 5) is 11.1. The maximum atomic E-state index is 11.1. The summed E-state index contributed by atoms with van der Waals surface area (Å²) in [7, 11) is 0. The molecule has 1 heteroatoms. The predicted molar refractivity (Wildman–Crippen MR) is 39.5 cm³/mol. The minimum absolute atomic E-state index is 0.456. The molecular formula is C9H12O. The molecule has 2 aliphatic carbocycles. The first-order valence-electron chi connectivity index (χ1n) is 3.98. The van der Waals surface area contributed by atoms with E-state index in [0.29, 0.717) is 17.6 Å². The molecule has 0 saturated heterocycles. The van der Waals surface area contributed by atoms with E-state index in [1.807, 2.05) is 6.08 Å². The SMILES string of the molecule is C=CC[C@H]1[C@@H]2CCC(=O)[C@H]12. The van der Waals surface area contributed by atoms with E-state index >= 15 is 0 Å². The van der Waals surface area contributed by atoms with Crippen LogP contribution in [0, 0.1) is 17.8 Å². The van der Waals surface area contributed by atoms with Crippen LogP contribution in [0.2, 0.25) is 0 Å². The lowest BCUT2D eigenvalue weighted by Gasteiger charge is -1.95. The third-order valence-electron chi connectivity index (χ3n) is 2.87. The van der Waals surface area contributed by atoms with Gasteiger partial charge in [-0.05, 0) is 24.7 Å². The fraction of sp³-hybridized carbons (Fsp3) is 0.667. The van der Waals surface area contributed by atoms with E-state index in [-0.39, 0.29) is 0 Å². The molecule has 2 saturated carbocycles. The van der Waals surface area contributed by atoms with Crippen LogP contribution in [0.15, 0.2) is 12.7 Å². The fourth-order valence-electron chi connectivity index (χ4n) is 2.31. The number of allylic oxidation sites excluding steroid dienone is 1. The molecule has 2 rings (SSSR count). The van der Waals surface area contributed by atoms with Gasteiger partial charge >= 0.3 is 0 Å². The van der Waals surface area contributed by atoms with E-state index in [1.54, 1.807) is 0 Å². The Balaban J connectivity index is 1.98. The molecule has 3 atom stereocenters. The van der Waals surface area contributed by atoms with E-state index in [4.69, 9.17) is 0 Å². The molecule has 0 amide bonds. The first-order chi connectivity index (χ1) is 4.84. The molecular weight excluding hydrogens is 124 g/mol. The van der Waals surface area contributed by atoms with E-state index in [1.165, 1.54) is 0 Å². The molecule has 2 fully saturated rings. The summed E-state index contributed by atoms with van der Waals surface area (Å²) in [5.41, 5.74) is 0. The number of carbonyl (C=O) groups excluding carboxylic acids is 1. The topological polar surface area (TPSA) is 17.1 Å². The Kier molecular flexibility index (Phi) is 1.19.